The second kappa shape index (κ2) is 2.70. The Hall–Kier alpha value is -0.530. The monoisotopic (exact) mass is 114 g/mol. The molecule has 0 aromatic rings. The average molecular weight is 114 g/mol. The van der Waals surface area contributed by atoms with Crippen molar-refractivity contribution < 1.29 is 0 Å². The molecule has 0 aromatic heterocycles. The Balaban J connectivity index is 3.39. The van der Waals surface area contributed by atoms with Crippen LogP contribution in [0.25, 0.3) is 0 Å². The van der Waals surface area contributed by atoms with Crippen LogP contribution < -0.4 is 5.84 Å². The highest BCUT2D eigenvalue weighted by Gasteiger charge is 2.06. The van der Waals surface area contributed by atoms with Gasteiger partial charge in [0.25, 0.3) is 0 Å². The first-order chi connectivity index (χ1) is 3.56. The summed E-state index contributed by atoms with van der Waals surface area (Å²) in [5, 5.41) is 3.40. The van der Waals surface area contributed by atoms with Crippen molar-refractivity contribution in [1.29, 1.82) is 0 Å². The summed E-state index contributed by atoms with van der Waals surface area (Å²) >= 11 is 0. The molecule has 0 radical (unpaired) electrons. The summed E-state index contributed by atoms with van der Waals surface area (Å²) in [6, 6.07) is 0. The van der Waals surface area contributed by atoms with E-state index in [9.17, 15) is 0 Å². The first-order valence-corrected chi connectivity index (χ1v) is 2.78. The maximum atomic E-state index is 4.91. The summed E-state index contributed by atoms with van der Waals surface area (Å²) in [6.07, 6.45) is 2.68. The number of nitrogens with zero attached hydrogens (tertiary/aromatic N) is 1. The van der Waals surface area contributed by atoms with Crippen LogP contribution >= 0.6 is 0 Å². The van der Waals surface area contributed by atoms with Gasteiger partial charge >= 0.3 is 0 Å². The van der Waals surface area contributed by atoms with Crippen LogP contribution in [0.1, 0.15) is 27.2 Å². The molecule has 0 aromatic carbocycles. The molecule has 0 rings (SSSR count). The molecular formula is C6H14N2. The molecule has 0 spiro atoms. The lowest BCUT2D eigenvalue weighted by molar-refractivity contribution is 0.437. The van der Waals surface area contributed by atoms with Gasteiger partial charge in [0.2, 0.25) is 0 Å². The zero-order chi connectivity index (χ0) is 6.62. The van der Waals surface area contributed by atoms with Crippen molar-refractivity contribution >= 4 is 6.21 Å². The minimum absolute atomic E-state index is 0.322. The van der Waals surface area contributed by atoms with Crippen LogP contribution in [0.5, 0.6) is 0 Å². The molecule has 0 heterocycles. The number of hydrogen-bond donors (Lipinski definition) is 1. The molecule has 8 heavy (non-hydrogen) atoms. The Morgan fingerprint density at radius 3 is 2.12 bits per heavy atom. The highest BCUT2D eigenvalue weighted by Crippen LogP contribution is 2.15. The third kappa shape index (κ3) is 5.47. The number of hydrazone groups is 1. The normalized spacial score (nSPS) is 12.9. The van der Waals surface area contributed by atoms with Crippen LogP contribution in [0.4, 0.5) is 0 Å². The Kier molecular flexibility index (Phi) is 2.52. The van der Waals surface area contributed by atoms with Crippen LogP contribution in [-0.4, -0.2) is 6.21 Å². The van der Waals surface area contributed by atoms with Crippen molar-refractivity contribution in [3.05, 3.63) is 0 Å². The van der Waals surface area contributed by atoms with Gasteiger partial charge in [-0.05, 0) is 11.8 Å². The second-order valence-electron chi connectivity index (χ2n) is 3.10. The van der Waals surface area contributed by atoms with Crippen LogP contribution in [0.2, 0.25) is 0 Å². The van der Waals surface area contributed by atoms with Gasteiger partial charge < -0.3 is 5.84 Å². The lowest BCUT2D eigenvalue weighted by Gasteiger charge is -2.13. The van der Waals surface area contributed by atoms with Crippen molar-refractivity contribution in [3.8, 4) is 0 Å². The van der Waals surface area contributed by atoms with Crippen molar-refractivity contribution in [3.63, 3.8) is 0 Å². The molecule has 2 N–H and O–H groups in total. The van der Waals surface area contributed by atoms with E-state index in [1.165, 1.54) is 0 Å². The van der Waals surface area contributed by atoms with Gasteiger partial charge in [-0.2, -0.15) is 5.10 Å². The van der Waals surface area contributed by atoms with Gasteiger partial charge in [0.05, 0.1) is 0 Å². The summed E-state index contributed by atoms with van der Waals surface area (Å²) in [5.74, 6) is 4.91. The van der Waals surface area contributed by atoms with Gasteiger partial charge in [-0.15, -0.1) is 0 Å². The lowest BCUT2D eigenvalue weighted by Crippen LogP contribution is -2.05. The molecular weight excluding hydrogens is 100 g/mol. The standard InChI is InChI=1S/C6H14N2/c1-6(2,3)4-5-8-7/h5H,4,7H2,1-3H3. The Labute approximate surface area is 50.8 Å². The molecule has 0 unspecified atom stereocenters. The van der Waals surface area contributed by atoms with Crippen molar-refractivity contribution in [2.24, 2.45) is 16.4 Å². The van der Waals surface area contributed by atoms with Gasteiger partial charge in [-0.25, -0.2) is 0 Å². The van der Waals surface area contributed by atoms with Crippen LogP contribution in [0, 0.1) is 5.41 Å². The molecule has 0 atom stereocenters. The molecule has 0 aliphatic carbocycles. The highest BCUT2D eigenvalue weighted by molar-refractivity contribution is 5.57. The molecule has 0 fully saturated rings. The fourth-order valence-electron chi connectivity index (χ4n) is 0.327. The van der Waals surface area contributed by atoms with Crippen molar-refractivity contribution in [2.45, 2.75) is 27.2 Å². The Morgan fingerprint density at radius 1 is 1.50 bits per heavy atom. The summed E-state index contributed by atoms with van der Waals surface area (Å²) in [7, 11) is 0. The molecule has 0 aliphatic heterocycles. The zero-order valence-electron chi connectivity index (χ0n) is 5.81. The fourth-order valence-corrected chi connectivity index (χ4v) is 0.327. The third-order valence-electron chi connectivity index (χ3n) is 0.809. The van der Waals surface area contributed by atoms with E-state index in [2.05, 4.69) is 25.9 Å². The SMILES string of the molecule is CC(C)(C)CC=NN. The predicted molar refractivity (Wildman–Crippen MR) is 36.8 cm³/mol. The van der Waals surface area contributed by atoms with E-state index in [0.717, 1.165) is 6.42 Å². The van der Waals surface area contributed by atoms with Crippen LogP contribution in [0.3, 0.4) is 0 Å². The summed E-state index contributed by atoms with van der Waals surface area (Å²) < 4.78 is 0. The van der Waals surface area contributed by atoms with E-state index in [-0.39, 0.29) is 0 Å². The van der Waals surface area contributed by atoms with E-state index < -0.39 is 0 Å². The van der Waals surface area contributed by atoms with E-state index in [1.54, 1.807) is 6.21 Å². The minimum atomic E-state index is 0.322. The summed E-state index contributed by atoms with van der Waals surface area (Å²) in [6.45, 7) is 6.44. The smallest absolute Gasteiger partial charge is 0.0245 e. The first kappa shape index (κ1) is 7.47. The Morgan fingerprint density at radius 2 is 2.00 bits per heavy atom. The molecule has 0 amide bonds. The zero-order valence-corrected chi connectivity index (χ0v) is 5.81. The second-order valence-corrected chi connectivity index (χ2v) is 3.10. The van der Waals surface area contributed by atoms with Crippen LogP contribution in [0.15, 0.2) is 5.10 Å². The number of hydrogen-bond acceptors (Lipinski definition) is 2. The summed E-state index contributed by atoms with van der Waals surface area (Å²) in [5.41, 5.74) is 0.322. The van der Waals surface area contributed by atoms with Crippen LogP contribution in [-0.2, 0) is 0 Å². The maximum absolute atomic E-state index is 4.91. The van der Waals surface area contributed by atoms with Gasteiger partial charge in [0, 0.05) is 6.21 Å². The number of rotatable bonds is 1. The molecule has 48 valence electrons. The molecule has 0 aliphatic rings. The van der Waals surface area contributed by atoms with Crippen molar-refractivity contribution in [1.82, 2.24) is 0 Å². The van der Waals surface area contributed by atoms with E-state index in [4.69, 9.17) is 5.84 Å². The topological polar surface area (TPSA) is 38.4 Å². The molecule has 0 saturated carbocycles. The molecule has 2 nitrogen and oxygen atoms in total. The lowest BCUT2D eigenvalue weighted by atomic mass is 9.93. The largest absolute Gasteiger partial charge is 0.324 e. The molecule has 0 bridgehead atoms. The third-order valence-corrected chi connectivity index (χ3v) is 0.809. The molecule has 2 heteroatoms. The van der Waals surface area contributed by atoms with E-state index in [1.807, 2.05) is 0 Å². The fraction of sp³-hybridized carbons (Fsp3) is 0.833. The predicted octanol–water partition coefficient (Wildman–Crippen LogP) is 1.37. The maximum Gasteiger partial charge on any atom is 0.0245 e. The number of nitrogens with two attached hydrogens (primary N) is 1. The minimum Gasteiger partial charge on any atom is -0.324 e. The van der Waals surface area contributed by atoms with E-state index >= 15 is 0 Å². The quantitative estimate of drug-likeness (QED) is 0.312. The van der Waals surface area contributed by atoms with Crippen molar-refractivity contribution in [2.75, 3.05) is 0 Å². The van der Waals surface area contributed by atoms with Gasteiger partial charge in [0.15, 0.2) is 0 Å². The first-order valence-electron chi connectivity index (χ1n) is 2.78. The van der Waals surface area contributed by atoms with Gasteiger partial charge in [-0.1, -0.05) is 20.8 Å². The summed E-state index contributed by atoms with van der Waals surface area (Å²) in [4.78, 5) is 0. The highest BCUT2D eigenvalue weighted by atomic mass is 15.1. The Bertz CT molecular complexity index is 79.0. The average Bonchev–Trinajstić information content (AvgIpc) is 1.59. The van der Waals surface area contributed by atoms with Gasteiger partial charge in [-0.3, -0.25) is 0 Å². The van der Waals surface area contributed by atoms with Gasteiger partial charge in [0.1, 0.15) is 0 Å². The molecule has 0 saturated heterocycles. The van der Waals surface area contributed by atoms with E-state index in [0.29, 0.717) is 5.41 Å².